The lowest BCUT2D eigenvalue weighted by molar-refractivity contribution is 0.595. The average molecular weight is 316 g/mol. The lowest BCUT2D eigenvalue weighted by Crippen LogP contribution is -2.05. The van der Waals surface area contributed by atoms with Gasteiger partial charge in [0.25, 0.3) is 0 Å². The zero-order valence-corrected chi connectivity index (χ0v) is 12.1. The third kappa shape index (κ3) is 3.41. The van der Waals surface area contributed by atoms with E-state index in [4.69, 9.17) is 28.9 Å². The van der Waals surface area contributed by atoms with E-state index in [9.17, 15) is 8.42 Å². The number of anilines is 1. The fourth-order valence-electron chi connectivity index (χ4n) is 1.58. The van der Waals surface area contributed by atoms with Crippen molar-refractivity contribution < 1.29 is 8.42 Å². The molecule has 0 aliphatic heterocycles. The van der Waals surface area contributed by atoms with Gasteiger partial charge in [-0.15, -0.1) is 0 Å². The van der Waals surface area contributed by atoms with Crippen molar-refractivity contribution in [2.45, 2.75) is 10.6 Å². The van der Waals surface area contributed by atoms with Crippen LogP contribution in [0, 0.1) is 0 Å². The zero-order valence-electron chi connectivity index (χ0n) is 9.81. The molecule has 2 N–H and O–H groups in total. The van der Waals surface area contributed by atoms with E-state index in [2.05, 4.69) is 0 Å². The summed E-state index contributed by atoms with van der Waals surface area (Å²) >= 11 is 11.6. The number of hydrogen-bond acceptors (Lipinski definition) is 3. The molecule has 100 valence electrons. The Morgan fingerprint density at radius 3 is 2.21 bits per heavy atom. The van der Waals surface area contributed by atoms with Crippen LogP contribution in [0.25, 0.3) is 0 Å². The SMILES string of the molecule is Nc1ccc(S(=O)(=O)Cc2ccc(Cl)cc2)cc1Cl. The summed E-state index contributed by atoms with van der Waals surface area (Å²) in [5.74, 6) is -0.107. The van der Waals surface area contributed by atoms with E-state index in [1.54, 1.807) is 24.3 Å². The molecule has 0 bridgehead atoms. The highest BCUT2D eigenvalue weighted by molar-refractivity contribution is 7.90. The Morgan fingerprint density at radius 1 is 1.00 bits per heavy atom. The fraction of sp³-hybridized carbons (Fsp3) is 0.0769. The van der Waals surface area contributed by atoms with E-state index in [-0.39, 0.29) is 15.7 Å². The van der Waals surface area contributed by atoms with Gasteiger partial charge in [-0.3, -0.25) is 0 Å². The molecule has 0 unspecified atom stereocenters. The summed E-state index contributed by atoms with van der Waals surface area (Å²) in [5.41, 5.74) is 6.58. The van der Waals surface area contributed by atoms with Crippen LogP contribution in [-0.2, 0) is 15.6 Å². The van der Waals surface area contributed by atoms with Gasteiger partial charge in [-0.25, -0.2) is 8.42 Å². The summed E-state index contributed by atoms with van der Waals surface area (Å²) in [7, 11) is -3.45. The van der Waals surface area contributed by atoms with Crippen LogP contribution in [0.2, 0.25) is 10.0 Å². The van der Waals surface area contributed by atoms with Gasteiger partial charge in [-0.2, -0.15) is 0 Å². The number of sulfone groups is 1. The number of nitrogens with two attached hydrogens (primary N) is 1. The predicted octanol–water partition coefficient (Wildman–Crippen LogP) is 3.55. The number of benzene rings is 2. The molecule has 6 heteroatoms. The molecule has 0 amide bonds. The van der Waals surface area contributed by atoms with E-state index in [0.717, 1.165) is 0 Å². The van der Waals surface area contributed by atoms with Crippen molar-refractivity contribution in [1.29, 1.82) is 0 Å². The number of nitrogen functional groups attached to an aromatic ring is 1. The Morgan fingerprint density at radius 2 is 1.63 bits per heavy atom. The van der Waals surface area contributed by atoms with Crippen LogP contribution in [0.5, 0.6) is 0 Å². The van der Waals surface area contributed by atoms with Crippen LogP contribution in [0.4, 0.5) is 5.69 Å². The lowest BCUT2D eigenvalue weighted by Gasteiger charge is -2.06. The molecule has 0 radical (unpaired) electrons. The molecular weight excluding hydrogens is 305 g/mol. The Kier molecular flexibility index (Phi) is 4.04. The van der Waals surface area contributed by atoms with E-state index < -0.39 is 9.84 Å². The van der Waals surface area contributed by atoms with Crippen molar-refractivity contribution in [2.24, 2.45) is 0 Å². The molecule has 3 nitrogen and oxygen atoms in total. The van der Waals surface area contributed by atoms with E-state index in [1.807, 2.05) is 0 Å². The van der Waals surface area contributed by atoms with Crippen molar-refractivity contribution >= 4 is 38.7 Å². The molecular formula is C13H11Cl2NO2S. The second-order valence-electron chi connectivity index (χ2n) is 4.07. The average Bonchev–Trinajstić information content (AvgIpc) is 2.35. The molecule has 0 spiro atoms. The second kappa shape index (κ2) is 5.41. The van der Waals surface area contributed by atoms with Gasteiger partial charge in [-0.05, 0) is 35.9 Å². The summed E-state index contributed by atoms with van der Waals surface area (Å²) in [6, 6.07) is 11.0. The van der Waals surface area contributed by atoms with Crippen molar-refractivity contribution in [1.82, 2.24) is 0 Å². The van der Waals surface area contributed by atoms with E-state index in [0.29, 0.717) is 16.3 Å². The van der Waals surface area contributed by atoms with Gasteiger partial charge in [0.15, 0.2) is 9.84 Å². The summed E-state index contributed by atoms with van der Waals surface area (Å²) < 4.78 is 24.4. The van der Waals surface area contributed by atoms with Gasteiger partial charge in [0.1, 0.15) is 0 Å². The van der Waals surface area contributed by atoms with Crippen molar-refractivity contribution in [3.05, 3.63) is 58.1 Å². The molecule has 0 heterocycles. The molecule has 0 saturated carbocycles. The van der Waals surface area contributed by atoms with Crippen LogP contribution in [0.3, 0.4) is 0 Å². The highest BCUT2D eigenvalue weighted by atomic mass is 35.5. The van der Waals surface area contributed by atoms with Crippen LogP contribution in [-0.4, -0.2) is 8.42 Å². The summed E-state index contributed by atoms with van der Waals surface area (Å²) in [6.07, 6.45) is 0. The smallest absolute Gasteiger partial charge is 0.182 e. The van der Waals surface area contributed by atoms with Gasteiger partial charge in [0, 0.05) is 5.02 Å². The standard InChI is InChI=1S/C13H11Cl2NO2S/c14-10-3-1-9(2-4-10)8-19(17,18)11-5-6-13(16)12(15)7-11/h1-7H,8,16H2. The lowest BCUT2D eigenvalue weighted by atomic mass is 10.2. The summed E-state index contributed by atoms with van der Waals surface area (Å²) in [4.78, 5) is 0.154. The number of rotatable bonds is 3. The molecule has 2 rings (SSSR count). The number of hydrogen-bond donors (Lipinski definition) is 1. The Labute approximate surface area is 121 Å². The zero-order chi connectivity index (χ0) is 14.0. The topological polar surface area (TPSA) is 60.2 Å². The van der Waals surface area contributed by atoms with Crippen LogP contribution in [0.15, 0.2) is 47.4 Å². The Balaban J connectivity index is 2.32. The third-order valence-electron chi connectivity index (χ3n) is 2.60. The molecule has 0 saturated heterocycles. The molecule has 19 heavy (non-hydrogen) atoms. The summed E-state index contributed by atoms with van der Waals surface area (Å²) in [5, 5.41) is 0.800. The second-order valence-corrected chi connectivity index (χ2v) is 6.90. The Bertz CT molecular complexity index is 697. The molecule has 2 aromatic rings. The minimum Gasteiger partial charge on any atom is -0.398 e. The van der Waals surface area contributed by atoms with Gasteiger partial charge < -0.3 is 5.73 Å². The normalized spacial score (nSPS) is 11.5. The monoisotopic (exact) mass is 315 g/mol. The van der Waals surface area contributed by atoms with Crippen LogP contribution < -0.4 is 5.73 Å². The molecule has 0 aliphatic carbocycles. The van der Waals surface area contributed by atoms with Crippen molar-refractivity contribution in [3.63, 3.8) is 0 Å². The first-order valence-electron chi connectivity index (χ1n) is 5.41. The minimum absolute atomic E-state index is 0.107. The van der Waals surface area contributed by atoms with Crippen LogP contribution >= 0.6 is 23.2 Å². The first-order valence-corrected chi connectivity index (χ1v) is 7.81. The maximum Gasteiger partial charge on any atom is 0.182 e. The minimum atomic E-state index is -3.45. The first kappa shape index (κ1) is 14.2. The molecule has 0 fully saturated rings. The summed E-state index contributed by atoms with van der Waals surface area (Å²) in [6.45, 7) is 0. The molecule has 0 atom stereocenters. The maximum absolute atomic E-state index is 12.2. The van der Waals surface area contributed by atoms with Crippen molar-refractivity contribution in [2.75, 3.05) is 5.73 Å². The van der Waals surface area contributed by atoms with E-state index in [1.165, 1.54) is 18.2 Å². The Hall–Kier alpha value is -1.23. The highest BCUT2D eigenvalue weighted by Gasteiger charge is 2.16. The van der Waals surface area contributed by atoms with Gasteiger partial charge in [0.05, 0.1) is 21.4 Å². The molecule has 2 aromatic carbocycles. The van der Waals surface area contributed by atoms with E-state index >= 15 is 0 Å². The maximum atomic E-state index is 12.2. The predicted molar refractivity (Wildman–Crippen MR) is 78.2 cm³/mol. The molecule has 0 aromatic heterocycles. The largest absolute Gasteiger partial charge is 0.398 e. The van der Waals surface area contributed by atoms with Gasteiger partial charge in [-0.1, -0.05) is 35.3 Å². The third-order valence-corrected chi connectivity index (χ3v) is 4.87. The fourth-order valence-corrected chi connectivity index (χ4v) is 3.33. The number of halogens is 2. The first-order chi connectivity index (χ1) is 8.88. The quantitative estimate of drug-likeness (QED) is 0.881. The van der Waals surface area contributed by atoms with Crippen LogP contribution in [0.1, 0.15) is 5.56 Å². The van der Waals surface area contributed by atoms with Gasteiger partial charge >= 0.3 is 0 Å². The molecule has 0 aliphatic rings. The van der Waals surface area contributed by atoms with Crippen molar-refractivity contribution in [3.8, 4) is 0 Å². The highest BCUT2D eigenvalue weighted by Crippen LogP contribution is 2.25. The van der Waals surface area contributed by atoms with Gasteiger partial charge in [0.2, 0.25) is 0 Å².